The number of carbonyl (C=O) groups excluding carboxylic acids is 1. The van der Waals surface area contributed by atoms with Crippen LogP contribution in [0.25, 0.3) is 33.2 Å². The van der Waals surface area contributed by atoms with Crippen LogP contribution in [0.3, 0.4) is 0 Å². The Morgan fingerprint density at radius 3 is 2.39 bits per heavy atom. The number of hydrogen-bond acceptors (Lipinski definition) is 5. The van der Waals surface area contributed by atoms with Crippen molar-refractivity contribution in [2.24, 2.45) is 4.99 Å². The van der Waals surface area contributed by atoms with E-state index in [0.717, 1.165) is 87.7 Å². The number of aromatic hydroxyl groups is 1. The molecule has 0 spiro atoms. The number of aryl methyl sites for hydroxylation is 2. The molecule has 7 rings (SSSR count). The van der Waals surface area contributed by atoms with Crippen molar-refractivity contribution < 1.29 is 9.90 Å². The molecular formula is C38H42N4O2S2. The Balaban J connectivity index is 1.50. The summed E-state index contributed by atoms with van der Waals surface area (Å²) >= 11 is 3.29. The van der Waals surface area contributed by atoms with Crippen LogP contribution in [0.1, 0.15) is 93.3 Å². The molecular weight excluding hydrogens is 609 g/mol. The maximum atomic E-state index is 14.2. The van der Waals surface area contributed by atoms with Gasteiger partial charge in [0.25, 0.3) is 5.91 Å². The summed E-state index contributed by atoms with van der Waals surface area (Å²) in [5, 5.41) is 17.4. The van der Waals surface area contributed by atoms with E-state index in [1.54, 1.807) is 22.7 Å². The lowest BCUT2D eigenvalue weighted by Crippen LogP contribution is -2.28. The van der Waals surface area contributed by atoms with E-state index in [0.29, 0.717) is 24.2 Å². The zero-order chi connectivity index (χ0) is 31.9. The van der Waals surface area contributed by atoms with Gasteiger partial charge >= 0.3 is 0 Å². The number of benzene rings is 1. The SMILES string of the molecule is CCCCc1c2c(c(CCCC)c3[nH]/c(=c4/cc/c(=C5\c6c(c(-c7cccs7)n(CCC)c6O)C(=O)N5CCC)s4)cc13)=CC=N2. The Morgan fingerprint density at radius 1 is 0.913 bits per heavy atom. The summed E-state index contributed by atoms with van der Waals surface area (Å²) in [6.07, 6.45) is 12.4. The van der Waals surface area contributed by atoms with Gasteiger partial charge < -0.3 is 19.6 Å². The molecule has 8 heteroatoms. The van der Waals surface area contributed by atoms with E-state index in [1.165, 1.54) is 27.2 Å². The van der Waals surface area contributed by atoms with Crippen molar-refractivity contribution in [3.63, 3.8) is 0 Å². The van der Waals surface area contributed by atoms with Crippen molar-refractivity contribution >= 4 is 63.2 Å². The smallest absolute Gasteiger partial charge is 0.261 e. The number of nitrogens with zero attached hydrogens (tertiary/aromatic N) is 3. The topological polar surface area (TPSA) is 73.6 Å². The van der Waals surface area contributed by atoms with Gasteiger partial charge in [-0.1, -0.05) is 46.6 Å². The van der Waals surface area contributed by atoms with Gasteiger partial charge in [-0.25, -0.2) is 0 Å². The molecule has 2 N–H and O–H groups in total. The Bertz CT molecular complexity index is 2200. The first-order chi connectivity index (χ1) is 22.5. The lowest BCUT2D eigenvalue weighted by molar-refractivity contribution is 0.0850. The van der Waals surface area contributed by atoms with Gasteiger partial charge in [0.1, 0.15) is 0 Å². The number of carbonyl (C=O) groups is 1. The number of aromatic nitrogens is 2. The molecule has 0 aliphatic carbocycles. The van der Waals surface area contributed by atoms with E-state index in [-0.39, 0.29) is 11.8 Å². The van der Waals surface area contributed by atoms with Gasteiger partial charge in [0.15, 0.2) is 0 Å². The monoisotopic (exact) mass is 650 g/mol. The molecule has 5 aromatic rings. The van der Waals surface area contributed by atoms with Crippen LogP contribution < -0.4 is 9.75 Å². The summed E-state index contributed by atoms with van der Waals surface area (Å²) in [6, 6.07) is 10.7. The maximum Gasteiger partial charge on any atom is 0.261 e. The van der Waals surface area contributed by atoms with E-state index in [9.17, 15) is 9.90 Å². The van der Waals surface area contributed by atoms with Crippen molar-refractivity contribution in [2.75, 3.05) is 6.54 Å². The highest BCUT2D eigenvalue weighted by molar-refractivity contribution is 7.13. The molecule has 0 unspecified atom stereocenters. The van der Waals surface area contributed by atoms with E-state index in [1.807, 2.05) is 33.2 Å². The van der Waals surface area contributed by atoms with Gasteiger partial charge in [-0.15, -0.1) is 22.7 Å². The van der Waals surface area contributed by atoms with Gasteiger partial charge in [0, 0.05) is 29.9 Å². The van der Waals surface area contributed by atoms with Crippen molar-refractivity contribution in [3.05, 3.63) is 77.6 Å². The van der Waals surface area contributed by atoms with Gasteiger partial charge in [-0.05, 0) is 85.4 Å². The highest BCUT2D eigenvalue weighted by Crippen LogP contribution is 2.46. The Morgan fingerprint density at radius 2 is 1.67 bits per heavy atom. The molecule has 0 bridgehead atoms. The average Bonchev–Trinajstić information content (AvgIpc) is 3.90. The highest BCUT2D eigenvalue weighted by Gasteiger charge is 2.41. The third-order valence-electron chi connectivity index (χ3n) is 9.27. The van der Waals surface area contributed by atoms with Crippen molar-refractivity contribution in [1.29, 1.82) is 0 Å². The lowest BCUT2D eigenvalue weighted by atomic mass is 9.94. The summed E-state index contributed by atoms with van der Waals surface area (Å²) in [5.41, 5.74) is 8.07. The minimum Gasteiger partial charge on any atom is -0.494 e. The predicted molar refractivity (Wildman–Crippen MR) is 193 cm³/mol. The molecule has 0 atom stereocenters. The lowest BCUT2D eigenvalue weighted by Gasteiger charge is -2.19. The second kappa shape index (κ2) is 12.7. The van der Waals surface area contributed by atoms with Crippen LogP contribution in [-0.2, 0) is 19.4 Å². The third kappa shape index (κ3) is 4.88. The number of H-pyrrole nitrogens is 1. The molecule has 2 aliphatic heterocycles. The summed E-state index contributed by atoms with van der Waals surface area (Å²) < 4.78 is 4.06. The number of hydrogen-bond donors (Lipinski definition) is 2. The standard InChI is InChI=1S/C38H42N4O2S2/c1-5-9-12-23-25-17-18-39-33(25)24(13-10-6-2)26-22-27(40-34(23)26)28-15-16-30(46-28)36-32-31(37(43)42(36)20-8-4)35(29-14-11-21-45-29)41(19-7-3)38(32)44/h11,14-18,21-22,40,44H,5-10,12-13,19-20H2,1-4H3/b28-27-,36-30-. The fraction of sp³-hybridized carbons (Fsp3) is 0.368. The van der Waals surface area contributed by atoms with Crippen LogP contribution >= 0.6 is 22.7 Å². The number of thiophene rings is 2. The molecule has 0 fully saturated rings. The van der Waals surface area contributed by atoms with Crippen LogP contribution in [-0.4, -0.2) is 38.2 Å². The normalized spacial score (nSPS) is 15.7. The van der Waals surface area contributed by atoms with Crippen LogP contribution in [0.5, 0.6) is 5.88 Å². The molecule has 1 aromatic carbocycles. The largest absolute Gasteiger partial charge is 0.494 e. The second-order valence-electron chi connectivity index (χ2n) is 12.4. The fourth-order valence-corrected chi connectivity index (χ4v) is 9.01. The molecule has 2 aliphatic rings. The second-order valence-corrected chi connectivity index (χ2v) is 14.4. The van der Waals surface area contributed by atoms with Crippen LogP contribution in [0, 0.1) is 9.88 Å². The van der Waals surface area contributed by atoms with Gasteiger partial charge in [0.05, 0.1) is 53.0 Å². The molecule has 46 heavy (non-hydrogen) atoms. The highest BCUT2D eigenvalue weighted by atomic mass is 32.1. The zero-order valence-corrected chi connectivity index (χ0v) is 28.8. The number of aliphatic imine (C=N–C) groups is 1. The number of nitrogens with one attached hydrogen (secondary N) is 1. The Hall–Kier alpha value is -3.88. The molecule has 238 valence electrons. The summed E-state index contributed by atoms with van der Waals surface area (Å²) in [5.74, 6) is 0.170. The summed E-state index contributed by atoms with van der Waals surface area (Å²) in [6.45, 7) is 9.94. The number of aromatic amines is 1. The molecule has 4 aromatic heterocycles. The first-order valence-corrected chi connectivity index (χ1v) is 18.6. The molecule has 0 saturated carbocycles. The van der Waals surface area contributed by atoms with E-state index in [4.69, 9.17) is 4.99 Å². The molecule has 0 saturated heterocycles. The number of unbranched alkanes of at least 4 members (excludes halogenated alkanes) is 2. The molecule has 6 heterocycles. The average molecular weight is 651 g/mol. The van der Waals surface area contributed by atoms with E-state index < -0.39 is 0 Å². The van der Waals surface area contributed by atoms with Gasteiger partial charge in [0.2, 0.25) is 5.88 Å². The summed E-state index contributed by atoms with van der Waals surface area (Å²) in [4.78, 5) is 25.8. The van der Waals surface area contributed by atoms with E-state index in [2.05, 4.69) is 57.0 Å². The maximum absolute atomic E-state index is 14.2. The van der Waals surface area contributed by atoms with Gasteiger partial charge in [-0.3, -0.25) is 9.79 Å². The van der Waals surface area contributed by atoms with E-state index >= 15 is 0 Å². The van der Waals surface area contributed by atoms with Crippen LogP contribution in [0.4, 0.5) is 5.69 Å². The predicted octanol–water partition coefficient (Wildman–Crippen LogP) is 8.37. The minimum absolute atomic E-state index is 0.0200. The fourth-order valence-electron chi connectivity index (χ4n) is 7.19. The molecule has 1 amide bonds. The van der Waals surface area contributed by atoms with Crippen LogP contribution in [0.2, 0.25) is 0 Å². The summed E-state index contributed by atoms with van der Waals surface area (Å²) in [7, 11) is 0. The van der Waals surface area contributed by atoms with Crippen molar-refractivity contribution in [3.8, 4) is 16.5 Å². The van der Waals surface area contributed by atoms with Crippen molar-refractivity contribution in [1.82, 2.24) is 14.5 Å². The third-order valence-corrected chi connectivity index (χ3v) is 11.3. The zero-order valence-electron chi connectivity index (χ0n) is 27.2. The first-order valence-electron chi connectivity index (χ1n) is 16.9. The molecule has 0 radical (unpaired) electrons. The minimum atomic E-state index is -0.0200. The number of rotatable bonds is 11. The van der Waals surface area contributed by atoms with Crippen molar-refractivity contribution in [2.45, 2.75) is 85.6 Å². The first kappa shape index (κ1) is 30.8. The Kier molecular flexibility index (Phi) is 8.51. The molecule has 6 nitrogen and oxygen atoms in total. The quantitative estimate of drug-likeness (QED) is 0.151. The number of amides is 1. The Labute approximate surface area is 277 Å². The van der Waals surface area contributed by atoms with Gasteiger partial charge in [-0.2, -0.15) is 0 Å². The van der Waals surface area contributed by atoms with Crippen LogP contribution in [0.15, 0.2) is 40.7 Å². The number of fused-ring (bicyclic) bond motifs is 3.